The Balaban J connectivity index is 0.00000137. The molecule has 2 nitrogen and oxygen atoms in total. The molecule has 3 rings (SSSR count). The van der Waals surface area contributed by atoms with E-state index in [4.69, 9.17) is 4.99 Å². The van der Waals surface area contributed by atoms with Crippen LogP contribution in [0, 0.1) is 6.92 Å². The Kier molecular flexibility index (Phi) is 12.3. The molecule has 0 spiro atoms. The van der Waals surface area contributed by atoms with E-state index >= 15 is 0 Å². The molecule has 0 aliphatic carbocycles. The molecule has 1 aromatic heterocycles. The van der Waals surface area contributed by atoms with Crippen LogP contribution in [-0.2, 0) is 12.8 Å². The molecule has 34 heavy (non-hydrogen) atoms. The minimum absolute atomic E-state index is 0.628. The largest absolute Gasteiger partial charge is 0.677 e. The third-order valence-corrected chi connectivity index (χ3v) is 6.20. The molecular weight excluding hydrogens is 425 g/mol. The topological polar surface area (TPSA) is 17.3 Å². The predicted octanol–water partition coefficient (Wildman–Crippen LogP) is 9.10. The van der Waals surface area contributed by atoms with Crippen molar-refractivity contribution in [1.29, 1.82) is 0 Å². The average Bonchev–Trinajstić information content (AvgIpc) is 3.34. The number of benzene rings is 1. The van der Waals surface area contributed by atoms with Crippen molar-refractivity contribution < 1.29 is 8.63 Å². The minimum atomic E-state index is -2.60. The maximum Gasteiger partial charge on any atom is 0.677 e. The summed E-state index contributed by atoms with van der Waals surface area (Å²) in [5, 5.41) is 0. The first kappa shape index (κ1) is 29.6. The molecule has 0 N–H and O–H groups in total. The molecule has 2 heterocycles. The number of nitrogens with zero attached hydrogens (tertiary/aromatic N) is 2. The monoisotopic (exact) mass is 468 g/mol. The van der Waals surface area contributed by atoms with E-state index in [0.29, 0.717) is 17.8 Å². The highest BCUT2D eigenvalue weighted by Crippen LogP contribution is 2.41. The minimum Gasteiger partial charge on any atom is -0.329 e. The number of hydrogen-bond acceptors (Lipinski definition) is 1. The second-order valence-corrected chi connectivity index (χ2v) is 7.70. The van der Waals surface area contributed by atoms with Crippen LogP contribution >= 0.6 is 0 Å². The number of halogens is 2. The van der Waals surface area contributed by atoms with E-state index in [9.17, 15) is 8.63 Å². The molecule has 0 radical (unpaired) electrons. The van der Waals surface area contributed by atoms with E-state index in [0.717, 1.165) is 52.9 Å². The molecule has 2 aromatic rings. The molecule has 0 saturated heterocycles. The molecule has 0 unspecified atom stereocenters. The summed E-state index contributed by atoms with van der Waals surface area (Å²) in [7, 11) is -2.60. The lowest BCUT2D eigenvalue weighted by Gasteiger charge is -2.18. The van der Waals surface area contributed by atoms with Gasteiger partial charge in [0.25, 0.3) is 0 Å². The average molecular weight is 468 g/mol. The highest BCUT2D eigenvalue weighted by atomic mass is 19.2. The Hall–Kier alpha value is -2.43. The lowest BCUT2D eigenvalue weighted by molar-refractivity contribution is 0.623. The summed E-state index contributed by atoms with van der Waals surface area (Å²) in [4.78, 5) is 4.95. The summed E-state index contributed by atoms with van der Waals surface area (Å²) in [5.41, 5.74) is 9.35. The van der Waals surface area contributed by atoms with Crippen LogP contribution in [0.25, 0.3) is 5.57 Å². The Morgan fingerprint density at radius 1 is 0.794 bits per heavy atom. The Labute approximate surface area is 207 Å². The quantitative estimate of drug-likeness (QED) is 0.361. The van der Waals surface area contributed by atoms with Crippen LogP contribution in [0.4, 0.5) is 8.63 Å². The van der Waals surface area contributed by atoms with E-state index in [2.05, 4.69) is 20.8 Å². The molecular formula is C29H43BF2N2. The number of allylic oxidation sites excluding steroid dienone is 2. The second kappa shape index (κ2) is 14.1. The van der Waals surface area contributed by atoms with Crippen molar-refractivity contribution in [2.75, 3.05) is 0 Å². The first-order valence-electron chi connectivity index (χ1n) is 13.0. The van der Waals surface area contributed by atoms with Crippen LogP contribution in [-0.4, -0.2) is 17.6 Å². The highest BCUT2D eigenvalue weighted by molar-refractivity contribution is 6.41. The van der Waals surface area contributed by atoms with E-state index in [-0.39, 0.29) is 0 Å². The van der Waals surface area contributed by atoms with Gasteiger partial charge in [-0.05, 0) is 67.4 Å². The normalized spacial score (nSPS) is 14.2. The fraction of sp³-hybridized carbons (Fsp3) is 0.483. The van der Waals surface area contributed by atoms with Gasteiger partial charge in [0.05, 0.1) is 5.70 Å². The van der Waals surface area contributed by atoms with Crippen LogP contribution in [0.1, 0.15) is 103 Å². The molecule has 0 amide bonds. The molecule has 186 valence electrons. The zero-order valence-corrected chi connectivity index (χ0v) is 22.9. The van der Waals surface area contributed by atoms with Gasteiger partial charge in [-0.2, -0.15) is 0 Å². The van der Waals surface area contributed by atoms with Crippen LogP contribution in [0.2, 0.25) is 0 Å². The smallest absolute Gasteiger partial charge is 0.329 e. The van der Waals surface area contributed by atoms with Crippen molar-refractivity contribution >= 4 is 18.7 Å². The van der Waals surface area contributed by atoms with Gasteiger partial charge < -0.3 is 4.48 Å². The van der Waals surface area contributed by atoms with Gasteiger partial charge in [0, 0.05) is 22.7 Å². The van der Waals surface area contributed by atoms with E-state index in [1.165, 1.54) is 15.6 Å². The summed E-state index contributed by atoms with van der Waals surface area (Å²) in [6.45, 7) is 20.2. The Bertz CT molecular complexity index is 1030. The number of aliphatic imine (C=N–C) groups is 1. The van der Waals surface area contributed by atoms with Crippen LogP contribution in [0.15, 0.2) is 52.2 Å². The third-order valence-electron chi connectivity index (χ3n) is 6.20. The Morgan fingerprint density at radius 2 is 1.32 bits per heavy atom. The van der Waals surface area contributed by atoms with E-state index < -0.39 is 7.40 Å². The maximum absolute atomic E-state index is 14.4. The fourth-order valence-electron chi connectivity index (χ4n) is 4.90. The molecule has 0 saturated carbocycles. The van der Waals surface area contributed by atoms with Crippen molar-refractivity contribution in [2.45, 2.75) is 94.9 Å². The highest BCUT2D eigenvalue weighted by Gasteiger charge is 2.33. The summed E-state index contributed by atoms with van der Waals surface area (Å²) >= 11 is 0. The van der Waals surface area contributed by atoms with Crippen LogP contribution in [0.3, 0.4) is 0 Å². The van der Waals surface area contributed by atoms with Gasteiger partial charge >= 0.3 is 7.40 Å². The molecule has 0 atom stereocenters. The first-order valence-corrected chi connectivity index (χ1v) is 13.0. The van der Waals surface area contributed by atoms with E-state index in [1.807, 2.05) is 78.8 Å². The van der Waals surface area contributed by atoms with Crippen LogP contribution in [0.5, 0.6) is 0 Å². The lowest BCUT2D eigenvalue weighted by Crippen LogP contribution is -2.19. The maximum atomic E-state index is 14.4. The standard InChI is InChI=1S/C25H31BF2N2.2C2H6/c1-7-19-16(5)29-24(21(19)9-3)23(18-14-12-11-13-15-18)25-22(10-4)20(8-2)17(6)30(25)26(27)28;2*1-2/h11-15H,7-10H2,1-6H3;2*1-2H3/b24-23-;;. The molecule has 1 aliphatic rings. The van der Waals surface area contributed by atoms with Crippen molar-refractivity contribution in [2.24, 2.45) is 4.99 Å². The van der Waals surface area contributed by atoms with Gasteiger partial charge in [-0.3, -0.25) is 13.6 Å². The molecule has 0 bridgehead atoms. The van der Waals surface area contributed by atoms with Crippen LogP contribution < -0.4 is 0 Å². The number of hydrogen-bond donors (Lipinski definition) is 0. The SMILES string of the molecule is CC.CC.CCC1=C(CC)/C(=C(\c2ccccc2)c2c(CC)c(CC)c(C)n2B(F)F)N=C1C. The van der Waals surface area contributed by atoms with Gasteiger partial charge in [-0.1, -0.05) is 85.7 Å². The van der Waals surface area contributed by atoms with Crippen molar-refractivity contribution in [1.82, 2.24) is 4.48 Å². The predicted molar refractivity (Wildman–Crippen MR) is 147 cm³/mol. The summed E-state index contributed by atoms with van der Waals surface area (Å²) < 4.78 is 30.0. The lowest BCUT2D eigenvalue weighted by atomic mass is 9.90. The van der Waals surface area contributed by atoms with Gasteiger partial charge in [-0.25, -0.2) is 0 Å². The van der Waals surface area contributed by atoms with Crippen molar-refractivity contribution in [3.05, 3.63) is 75.3 Å². The van der Waals surface area contributed by atoms with Crippen molar-refractivity contribution in [3.63, 3.8) is 0 Å². The van der Waals surface area contributed by atoms with Crippen molar-refractivity contribution in [3.8, 4) is 0 Å². The molecule has 0 fully saturated rings. The molecule has 5 heteroatoms. The summed E-state index contributed by atoms with van der Waals surface area (Å²) in [5.74, 6) is 0. The zero-order valence-electron chi connectivity index (χ0n) is 22.9. The molecule has 1 aliphatic heterocycles. The van der Waals surface area contributed by atoms with Gasteiger partial charge in [0.1, 0.15) is 0 Å². The van der Waals surface area contributed by atoms with Gasteiger partial charge in [-0.15, -0.1) is 0 Å². The second-order valence-electron chi connectivity index (χ2n) is 7.70. The Morgan fingerprint density at radius 3 is 1.76 bits per heavy atom. The summed E-state index contributed by atoms with van der Waals surface area (Å²) in [6, 6.07) is 9.90. The number of rotatable bonds is 7. The van der Waals surface area contributed by atoms with E-state index in [1.54, 1.807) is 0 Å². The first-order chi connectivity index (χ1) is 16.4. The fourth-order valence-corrected chi connectivity index (χ4v) is 4.90. The summed E-state index contributed by atoms with van der Waals surface area (Å²) in [6.07, 6.45) is 3.15. The van der Waals surface area contributed by atoms with Gasteiger partial charge in [0.15, 0.2) is 0 Å². The number of aromatic nitrogens is 1. The molecule has 1 aromatic carbocycles. The van der Waals surface area contributed by atoms with Gasteiger partial charge in [0.2, 0.25) is 0 Å². The third kappa shape index (κ3) is 5.62. The zero-order chi connectivity index (χ0) is 26.0.